The lowest BCUT2D eigenvalue weighted by Crippen LogP contribution is -2.37. The second kappa shape index (κ2) is 6.15. The van der Waals surface area contributed by atoms with Crippen LogP contribution in [0.3, 0.4) is 0 Å². The number of nitrogens with one attached hydrogen (secondary N) is 1. The summed E-state index contributed by atoms with van der Waals surface area (Å²) < 4.78 is 6.21. The molecule has 7 heteroatoms. The van der Waals surface area contributed by atoms with Crippen LogP contribution in [-0.2, 0) is 16.1 Å². The molecule has 1 aromatic rings. The van der Waals surface area contributed by atoms with Crippen molar-refractivity contribution in [3.05, 3.63) is 17.5 Å². The van der Waals surface area contributed by atoms with Crippen LogP contribution in [0.25, 0.3) is 0 Å². The van der Waals surface area contributed by atoms with E-state index < -0.39 is 5.97 Å². The van der Waals surface area contributed by atoms with E-state index in [1.807, 2.05) is 6.92 Å². The van der Waals surface area contributed by atoms with Gasteiger partial charge in [-0.2, -0.15) is 5.10 Å². The number of carboxylic acid groups (broad SMARTS) is 1. The van der Waals surface area contributed by atoms with Crippen molar-refractivity contribution in [3.8, 4) is 0 Å². The molecular weight excluding hydrogens is 238 g/mol. The van der Waals surface area contributed by atoms with Gasteiger partial charge in [-0.25, -0.2) is 4.79 Å². The van der Waals surface area contributed by atoms with E-state index in [2.05, 4.69) is 10.4 Å². The molecule has 0 aliphatic carbocycles. The number of carbonyl (C=O) groups is 2. The van der Waals surface area contributed by atoms with Crippen molar-refractivity contribution in [2.75, 3.05) is 13.7 Å². The summed E-state index contributed by atoms with van der Waals surface area (Å²) in [5, 5.41) is 15.5. The first-order valence-corrected chi connectivity index (χ1v) is 5.49. The van der Waals surface area contributed by atoms with E-state index >= 15 is 0 Å². The molecule has 100 valence electrons. The van der Waals surface area contributed by atoms with Crippen LogP contribution in [0.5, 0.6) is 0 Å². The number of methoxy groups -OCH3 is 1. The summed E-state index contributed by atoms with van der Waals surface area (Å²) in [5.74, 6) is -1.29. The Morgan fingerprint density at radius 2 is 2.28 bits per heavy atom. The predicted molar refractivity (Wildman–Crippen MR) is 63.4 cm³/mol. The molecule has 0 saturated heterocycles. The number of aromatic carboxylic acids is 1. The van der Waals surface area contributed by atoms with Crippen molar-refractivity contribution in [1.29, 1.82) is 0 Å². The van der Waals surface area contributed by atoms with Gasteiger partial charge >= 0.3 is 5.97 Å². The molecule has 0 bridgehead atoms. The molecule has 0 aliphatic rings. The molecule has 0 spiro atoms. The molecule has 1 aromatic heterocycles. The van der Waals surface area contributed by atoms with Crippen molar-refractivity contribution in [3.63, 3.8) is 0 Å². The Balaban J connectivity index is 2.59. The topological polar surface area (TPSA) is 93.5 Å². The van der Waals surface area contributed by atoms with Crippen LogP contribution in [0.1, 0.15) is 23.0 Å². The Hall–Kier alpha value is -1.89. The summed E-state index contributed by atoms with van der Waals surface area (Å²) in [4.78, 5) is 22.4. The minimum Gasteiger partial charge on any atom is -0.478 e. The Morgan fingerprint density at radius 1 is 1.61 bits per heavy atom. The zero-order valence-corrected chi connectivity index (χ0v) is 10.6. The molecule has 0 saturated carbocycles. The van der Waals surface area contributed by atoms with Crippen LogP contribution in [0.15, 0.2) is 6.20 Å². The zero-order chi connectivity index (χ0) is 13.7. The van der Waals surface area contributed by atoms with E-state index in [4.69, 9.17) is 9.84 Å². The summed E-state index contributed by atoms with van der Waals surface area (Å²) in [6.07, 6.45) is 1.35. The van der Waals surface area contributed by atoms with E-state index in [0.717, 1.165) is 0 Å². The van der Waals surface area contributed by atoms with Crippen molar-refractivity contribution < 1.29 is 19.4 Å². The molecule has 0 aromatic carbocycles. The van der Waals surface area contributed by atoms with Gasteiger partial charge in [-0.3, -0.25) is 9.48 Å². The van der Waals surface area contributed by atoms with Crippen molar-refractivity contribution in [1.82, 2.24) is 15.1 Å². The smallest absolute Gasteiger partial charge is 0.339 e. The maximum atomic E-state index is 11.6. The highest BCUT2D eigenvalue weighted by molar-refractivity contribution is 5.88. The number of carbonyl (C=O) groups excluding carboxylic acids is 1. The third-order valence-electron chi connectivity index (χ3n) is 2.31. The van der Waals surface area contributed by atoms with Gasteiger partial charge in [0.05, 0.1) is 12.3 Å². The van der Waals surface area contributed by atoms with Crippen LogP contribution in [-0.4, -0.2) is 46.5 Å². The standard InChI is InChI=1S/C11H17N3O4/c1-7(6-18-3)12-10(15)5-14-4-9(11(16)17)8(2)13-14/h4,7H,5-6H2,1-3H3,(H,12,15)(H,16,17). The highest BCUT2D eigenvalue weighted by atomic mass is 16.5. The van der Waals surface area contributed by atoms with Gasteiger partial charge in [0, 0.05) is 19.3 Å². The van der Waals surface area contributed by atoms with E-state index in [-0.39, 0.29) is 24.1 Å². The number of rotatable bonds is 6. The fourth-order valence-electron chi connectivity index (χ4n) is 1.57. The second-order valence-corrected chi connectivity index (χ2v) is 4.05. The first-order chi connectivity index (χ1) is 8.43. The Morgan fingerprint density at radius 3 is 2.78 bits per heavy atom. The number of nitrogens with zero attached hydrogens (tertiary/aromatic N) is 2. The van der Waals surface area contributed by atoms with Crippen LogP contribution < -0.4 is 5.32 Å². The molecule has 18 heavy (non-hydrogen) atoms. The van der Waals surface area contributed by atoms with Crippen LogP contribution in [0.2, 0.25) is 0 Å². The summed E-state index contributed by atoms with van der Waals surface area (Å²) in [6.45, 7) is 3.82. The number of carboxylic acids is 1. The lowest BCUT2D eigenvalue weighted by atomic mass is 10.3. The van der Waals surface area contributed by atoms with E-state index in [9.17, 15) is 9.59 Å². The van der Waals surface area contributed by atoms with Gasteiger partial charge in [0.1, 0.15) is 12.1 Å². The number of aryl methyl sites for hydroxylation is 1. The van der Waals surface area contributed by atoms with Crippen molar-refractivity contribution in [2.24, 2.45) is 0 Å². The Kier molecular flexibility index (Phi) is 4.85. The fourth-order valence-corrected chi connectivity index (χ4v) is 1.57. The van der Waals surface area contributed by atoms with Gasteiger partial charge in [-0.15, -0.1) is 0 Å². The molecule has 1 heterocycles. The molecule has 7 nitrogen and oxygen atoms in total. The first-order valence-electron chi connectivity index (χ1n) is 5.49. The summed E-state index contributed by atoms with van der Waals surface area (Å²) in [7, 11) is 1.55. The molecule has 1 unspecified atom stereocenters. The Labute approximate surface area is 105 Å². The lowest BCUT2D eigenvalue weighted by Gasteiger charge is -2.12. The van der Waals surface area contributed by atoms with Crippen LogP contribution >= 0.6 is 0 Å². The number of amides is 1. The van der Waals surface area contributed by atoms with Gasteiger partial charge in [0.2, 0.25) is 5.91 Å². The van der Waals surface area contributed by atoms with Gasteiger partial charge < -0.3 is 15.2 Å². The third-order valence-corrected chi connectivity index (χ3v) is 2.31. The Bertz CT molecular complexity index is 441. The molecule has 2 N–H and O–H groups in total. The highest BCUT2D eigenvalue weighted by Crippen LogP contribution is 2.05. The third kappa shape index (κ3) is 3.85. The maximum absolute atomic E-state index is 11.6. The lowest BCUT2D eigenvalue weighted by molar-refractivity contribution is -0.122. The SMILES string of the molecule is COCC(C)NC(=O)Cn1cc(C(=O)O)c(C)n1. The molecule has 1 atom stereocenters. The van der Waals surface area contributed by atoms with Gasteiger partial charge in [0.25, 0.3) is 0 Å². The molecule has 0 radical (unpaired) electrons. The van der Waals surface area contributed by atoms with Crippen molar-refractivity contribution >= 4 is 11.9 Å². The maximum Gasteiger partial charge on any atom is 0.339 e. The number of hydrogen-bond acceptors (Lipinski definition) is 4. The number of aromatic nitrogens is 2. The summed E-state index contributed by atoms with van der Waals surface area (Å²) in [5.41, 5.74) is 0.493. The monoisotopic (exact) mass is 255 g/mol. The second-order valence-electron chi connectivity index (χ2n) is 4.05. The predicted octanol–water partition coefficient (Wildman–Crippen LogP) is 0.0408. The van der Waals surface area contributed by atoms with Crippen LogP contribution in [0, 0.1) is 6.92 Å². The van der Waals surface area contributed by atoms with Crippen LogP contribution in [0.4, 0.5) is 0 Å². The minimum atomic E-state index is -1.05. The average Bonchev–Trinajstić information content (AvgIpc) is 2.59. The van der Waals surface area contributed by atoms with E-state index in [0.29, 0.717) is 12.3 Å². The van der Waals surface area contributed by atoms with Crippen molar-refractivity contribution in [2.45, 2.75) is 26.4 Å². The minimum absolute atomic E-state index is 0.0117. The molecule has 0 fully saturated rings. The van der Waals surface area contributed by atoms with Gasteiger partial charge in [-0.1, -0.05) is 0 Å². The molecular formula is C11H17N3O4. The first kappa shape index (κ1) is 14.2. The van der Waals surface area contributed by atoms with Gasteiger partial charge in [-0.05, 0) is 13.8 Å². The molecule has 1 amide bonds. The van der Waals surface area contributed by atoms with Gasteiger partial charge in [0.15, 0.2) is 0 Å². The van der Waals surface area contributed by atoms with E-state index in [1.54, 1.807) is 14.0 Å². The number of ether oxygens (including phenoxy) is 1. The quantitative estimate of drug-likeness (QED) is 0.748. The normalized spacial score (nSPS) is 12.2. The number of hydrogen-bond donors (Lipinski definition) is 2. The highest BCUT2D eigenvalue weighted by Gasteiger charge is 2.14. The average molecular weight is 255 g/mol. The molecule has 0 aliphatic heterocycles. The molecule has 1 rings (SSSR count). The summed E-state index contributed by atoms with van der Waals surface area (Å²) in [6, 6.07) is -0.0990. The largest absolute Gasteiger partial charge is 0.478 e. The fraction of sp³-hybridized carbons (Fsp3) is 0.545. The zero-order valence-electron chi connectivity index (χ0n) is 10.6. The summed E-state index contributed by atoms with van der Waals surface area (Å²) >= 11 is 0. The van der Waals surface area contributed by atoms with E-state index in [1.165, 1.54) is 10.9 Å².